The average Bonchev–Trinajstić information content (AvgIpc) is 1.77. The maximum atomic E-state index is 12.4. The molecule has 1 saturated heterocycles. The molecule has 0 unspecified atom stereocenters. The first kappa shape index (κ1) is 11.7. The Labute approximate surface area is 87.0 Å². The highest BCUT2D eigenvalue weighted by molar-refractivity contribution is 5.85. The molecule has 0 aromatic carbocycles. The minimum Gasteiger partial charge on any atom is -0.353 e. The van der Waals surface area contributed by atoms with Gasteiger partial charge in [-0.2, -0.15) is 0 Å². The van der Waals surface area contributed by atoms with Crippen LogP contribution >= 0.6 is 12.4 Å². The lowest BCUT2D eigenvalue weighted by atomic mass is 9.87. The Balaban J connectivity index is 0.000000980. The summed E-state index contributed by atoms with van der Waals surface area (Å²) in [5.41, 5.74) is 0. The van der Waals surface area contributed by atoms with Gasteiger partial charge < -0.3 is 10.6 Å². The van der Waals surface area contributed by atoms with Crippen LogP contribution in [0.5, 0.6) is 0 Å². The fourth-order valence-electron chi connectivity index (χ4n) is 1.56. The number of halogens is 3. The number of hydrogen-bond donors (Lipinski definition) is 2. The van der Waals surface area contributed by atoms with Gasteiger partial charge >= 0.3 is 0 Å². The molecule has 1 saturated carbocycles. The molecule has 14 heavy (non-hydrogen) atoms. The number of amides is 1. The first-order valence-electron chi connectivity index (χ1n) is 4.46. The van der Waals surface area contributed by atoms with E-state index in [4.69, 9.17) is 0 Å². The highest BCUT2D eigenvalue weighted by Crippen LogP contribution is 2.37. The molecule has 1 aliphatic heterocycles. The Morgan fingerprint density at radius 3 is 2.29 bits per heavy atom. The first-order chi connectivity index (χ1) is 6.07. The molecule has 1 heterocycles. The number of rotatable bonds is 2. The Bertz CT molecular complexity index is 225. The molecule has 2 aliphatic rings. The fourth-order valence-corrected chi connectivity index (χ4v) is 1.56. The zero-order valence-corrected chi connectivity index (χ0v) is 8.37. The molecule has 6 heteroatoms. The lowest BCUT2D eigenvalue weighted by Crippen LogP contribution is -2.57. The number of alkyl halides is 2. The molecule has 2 rings (SSSR count). The van der Waals surface area contributed by atoms with Crippen molar-refractivity contribution in [2.75, 3.05) is 13.1 Å². The predicted octanol–water partition coefficient (Wildman–Crippen LogP) is 0.541. The van der Waals surface area contributed by atoms with Crippen LogP contribution < -0.4 is 10.6 Å². The van der Waals surface area contributed by atoms with E-state index in [1.165, 1.54) is 0 Å². The maximum Gasteiger partial charge on any atom is 0.252 e. The summed E-state index contributed by atoms with van der Waals surface area (Å²) in [6.07, 6.45) is -0.391. The van der Waals surface area contributed by atoms with E-state index in [0.29, 0.717) is 13.1 Å². The summed E-state index contributed by atoms with van der Waals surface area (Å²) in [5, 5.41) is 5.57. The first-order valence-corrected chi connectivity index (χ1v) is 4.46. The molecule has 1 amide bonds. The number of carbonyl (C=O) groups is 1. The van der Waals surface area contributed by atoms with Crippen LogP contribution in [-0.2, 0) is 4.79 Å². The van der Waals surface area contributed by atoms with Crippen molar-refractivity contribution in [3.05, 3.63) is 0 Å². The van der Waals surface area contributed by atoms with Crippen LogP contribution in [-0.4, -0.2) is 31.0 Å². The second kappa shape index (κ2) is 3.98. The highest BCUT2D eigenvalue weighted by Gasteiger charge is 2.46. The van der Waals surface area contributed by atoms with E-state index >= 15 is 0 Å². The van der Waals surface area contributed by atoms with E-state index in [1.54, 1.807) is 0 Å². The van der Waals surface area contributed by atoms with Crippen LogP contribution in [0.3, 0.4) is 0 Å². The third-order valence-electron chi connectivity index (χ3n) is 2.59. The van der Waals surface area contributed by atoms with Crippen LogP contribution in [0.4, 0.5) is 8.78 Å². The van der Waals surface area contributed by atoms with Gasteiger partial charge in [-0.3, -0.25) is 4.79 Å². The van der Waals surface area contributed by atoms with Crippen molar-refractivity contribution in [2.45, 2.75) is 24.8 Å². The van der Waals surface area contributed by atoms with E-state index in [2.05, 4.69) is 10.6 Å². The van der Waals surface area contributed by atoms with Crippen molar-refractivity contribution in [3.63, 3.8) is 0 Å². The van der Waals surface area contributed by atoms with Gasteiger partial charge in [-0.1, -0.05) is 0 Å². The minimum absolute atomic E-state index is 0. The lowest BCUT2D eigenvalue weighted by Gasteiger charge is -2.37. The zero-order chi connectivity index (χ0) is 9.47. The summed E-state index contributed by atoms with van der Waals surface area (Å²) in [7, 11) is 0. The number of carbonyl (C=O) groups excluding carboxylic acids is 1. The molecular weight excluding hydrogens is 214 g/mol. The van der Waals surface area contributed by atoms with Crippen LogP contribution in [0.25, 0.3) is 0 Å². The lowest BCUT2D eigenvalue weighted by molar-refractivity contribution is -0.134. The predicted molar refractivity (Wildman–Crippen MR) is 49.7 cm³/mol. The summed E-state index contributed by atoms with van der Waals surface area (Å²) in [6, 6.07) is -0.303. The van der Waals surface area contributed by atoms with E-state index < -0.39 is 5.92 Å². The van der Waals surface area contributed by atoms with Crippen LogP contribution in [0.2, 0.25) is 0 Å². The molecule has 1 aliphatic carbocycles. The molecule has 0 radical (unpaired) electrons. The average molecular weight is 227 g/mol. The van der Waals surface area contributed by atoms with Gasteiger partial charge in [0.2, 0.25) is 5.91 Å². The quantitative estimate of drug-likeness (QED) is 0.722. The topological polar surface area (TPSA) is 41.1 Å². The van der Waals surface area contributed by atoms with Crippen molar-refractivity contribution in [3.8, 4) is 0 Å². The minimum atomic E-state index is -2.55. The molecule has 2 fully saturated rings. The van der Waals surface area contributed by atoms with Gasteiger partial charge in [0.15, 0.2) is 0 Å². The Morgan fingerprint density at radius 2 is 1.93 bits per heavy atom. The highest BCUT2D eigenvalue weighted by atomic mass is 35.5. The molecule has 82 valence electrons. The summed E-state index contributed by atoms with van der Waals surface area (Å²) in [6.45, 7) is 1.35. The van der Waals surface area contributed by atoms with Crippen LogP contribution in [0.15, 0.2) is 0 Å². The van der Waals surface area contributed by atoms with Gasteiger partial charge in [0, 0.05) is 32.0 Å². The van der Waals surface area contributed by atoms with Gasteiger partial charge in [-0.15, -0.1) is 12.4 Å². The summed E-state index contributed by atoms with van der Waals surface area (Å²) < 4.78 is 24.7. The normalized spacial score (nSPS) is 25.6. The van der Waals surface area contributed by atoms with E-state index in [9.17, 15) is 13.6 Å². The van der Waals surface area contributed by atoms with Gasteiger partial charge in [0.25, 0.3) is 5.92 Å². The van der Waals surface area contributed by atoms with Crippen molar-refractivity contribution < 1.29 is 13.6 Å². The van der Waals surface area contributed by atoms with Gasteiger partial charge in [-0.25, -0.2) is 8.78 Å². The smallest absolute Gasteiger partial charge is 0.252 e. The van der Waals surface area contributed by atoms with Crippen LogP contribution in [0.1, 0.15) is 12.8 Å². The summed E-state index contributed by atoms with van der Waals surface area (Å²) in [4.78, 5) is 11.2. The molecule has 0 atom stereocenters. The number of hydrogen-bond acceptors (Lipinski definition) is 2. The van der Waals surface area contributed by atoms with Gasteiger partial charge in [0.1, 0.15) is 0 Å². The van der Waals surface area contributed by atoms with Crippen molar-refractivity contribution in [1.29, 1.82) is 0 Å². The van der Waals surface area contributed by atoms with Gasteiger partial charge in [0.05, 0.1) is 5.92 Å². The van der Waals surface area contributed by atoms with E-state index in [-0.39, 0.29) is 43.1 Å². The molecule has 0 bridgehead atoms. The fraction of sp³-hybridized carbons (Fsp3) is 0.875. The third kappa shape index (κ3) is 2.33. The molecule has 0 aromatic heterocycles. The molecule has 0 aromatic rings. The van der Waals surface area contributed by atoms with Crippen molar-refractivity contribution in [2.24, 2.45) is 5.92 Å². The van der Waals surface area contributed by atoms with E-state index in [1.807, 2.05) is 0 Å². The zero-order valence-electron chi connectivity index (χ0n) is 7.56. The second-order valence-electron chi connectivity index (χ2n) is 3.82. The third-order valence-corrected chi connectivity index (χ3v) is 2.59. The summed E-state index contributed by atoms with van der Waals surface area (Å²) >= 11 is 0. The Kier molecular flexibility index (Phi) is 3.32. The molecule has 3 nitrogen and oxygen atoms in total. The Hall–Kier alpha value is -0.420. The molecule has 2 N–H and O–H groups in total. The van der Waals surface area contributed by atoms with Crippen molar-refractivity contribution in [1.82, 2.24) is 10.6 Å². The monoisotopic (exact) mass is 226 g/mol. The second-order valence-corrected chi connectivity index (χ2v) is 3.82. The number of nitrogens with one attached hydrogen (secondary N) is 2. The standard InChI is InChI=1S/C8H12F2N2O.ClH/c9-8(10)1-6(2-8)12-7(13)5-3-11-4-5;/h5-6,11H,1-4H2,(H,12,13);1H. The molecule has 0 spiro atoms. The maximum absolute atomic E-state index is 12.4. The SMILES string of the molecule is Cl.O=C(NC1CC(F)(F)C1)C1CNC1. The van der Waals surface area contributed by atoms with Crippen molar-refractivity contribution >= 4 is 18.3 Å². The van der Waals surface area contributed by atoms with Gasteiger partial charge in [-0.05, 0) is 0 Å². The van der Waals surface area contributed by atoms with E-state index in [0.717, 1.165) is 0 Å². The molecular formula is C8H13ClF2N2O. The largest absolute Gasteiger partial charge is 0.353 e. The van der Waals surface area contributed by atoms with Crippen LogP contribution in [0, 0.1) is 5.92 Å². The Morgan fingerprint density at radius 1 is 1.36 bits per heavy atom. The summed E-state index contributed by atoms with van der Waals surface area (Å²) in [5.74, 6) is -2.64.